The van der Waals surface area contributed by atoms with E-state index in [0.717, 1.165) is 0 Å². The molecule has 0 radical (unpaired) electrons. The van der Waals surface area contributed by atoms with Crippen LogP contribution in [0.3, 0.4) is 0 Å². The number of aryl methyl sites for hydroxylation is 1. The zero-order chi connectivity index (χ0) is 11.6. The van der Waals surface area contributed by atoms with Crippen molar-refractivity contribution in [3.8, 4) is 5.75 Å². The summed E-state index contributed by atoms with van der Waals surface area (Å²) in [7, 11) is 0. The largest absolute Gasteiger partial charge is 0.507 e. The van der Waals surface area contributed by atoms with E-state index >= 15 is 0 Å². The Morgan fingerprint density at radius 3 is 2.47 bits per heavy atom. The van der Waals surface area contributed by atoms with Crippen LogP contribution < -0.4 is 5.73 Å². The maximum Gasteiger partial charge on any atom is 0.267 e. The Balaban J connectivity index is 3.16. The second kappa shape index (κ2) is 4.57. The van der Waals surface area contributed by atoms with E-state index in [1.165, 1.54) is 6.07 Å². The number of halogens is 2. The minimum atomic E-state index is -2.66. The van der Waals surface area contributed by atoms with E-state index in [9.17, 15) is 13.9 Å². The topological polar surface area (TPSA) is 46.2 Å². The first-order valence-electron chi connectivity index (χ1n) is 4.78. The fourth-order valence-corrected chi connectivity index (χ4v) is 1.55. The van der Waals surface area contributed by atoms with Crippen molar-refractivity contribution in [3.63, 3.8) is 0 Å². The van der Waals surface area contributed by atoms with Gasteiger partial charge in [0.15, 0.2) is 0 Å². The maximum atomic E-state index is 12.5. The summed E-state index contributed by atoms with van der Waals surface area (Å²) in [6.45, 7) is 3.49. The number of hydrogen-bond donors (Lipinski definition) is 2. The van der Waals surface area contributed by atoms with Crippen molar-refractivity contribution < 1.29 is 13.9 Å². The number of rotatable bonds is 3. The van der Waals surface area contributed by atoms with Gasteiger partial charge in [-0.15, -0.1) is 0 Å². The Morgan fingerprint density at radius 1 is 1.40 bits per heavy atom. The van der Waals surface area contributed by atoms with Gasteiger partial charge in [0, 0.05) is 6.04 Å². The highest BCUT2D eigenvalue weighted by molar-refractivity contribution is 5.44. The first-order chi connectivity index (χ1) is 6.91. The highest BCUT2D eigenvalue weighted by atomic mass is 19.3. The molecule has 0 heterocycles. The number of benzene rings is 1. The molecule has 0 spiro atoms. The minimum absolute atomic E-state index is 0.164. The van der Waals surface area contributed by atoms with Gasteiger partial charge < -0.3 is 10.8 Å². The normalized spacial score (nSPS) is 13.2. The Labute approximate surface area is 87.7 Å². The average molecular weight is 215 g/mol. The van der Waals surface area contributed by atoms with Gasteiger partial charge in [-0.05, 0) is 31.9 Å². The summed E-state index contributed by atoms with van der Waals surface area (Å²) in [5, 5.41) is 9.60. The fraction of sp³-hybridized carbons (Fsp3) is 0.455. The van der Waals surface area contributed by atoms with Crippen LogP contribution in [0, 0.1) is 6.92 Å². The van der Waals surface area contributed by atoms with Crippen molar-refractivity contribution >= 4 is 0 Å². The highest BCUT2D eigenvalue weighted by Gasteiger charge is 2.17. The van der Waals surface area contributed by atoms with Crippen molar-refractivity contribution in [1.29, 1.82) is 0 Å². The molecule has 0 fully saturated rings. The third kappa shape index (κ3) is 2.89. The second-order valence-corrected chi connectivity index (χ2v) is 3.84. The van der Waals surface area contributed by atoms with E-state index in [0.29, 0.717) is 17.5 Å². The van der Waals surface area contributed by atoms with Gasteiger partial charge in [0.1, 0.15) is 5.75 Å². The number of alkyl halides is 2. The molecule has 1 aromatic carbocycles. The molecule has 0 aliphatic heterocycles. The van der Waals surface area contributed by atoms with Crippen LogP contribution in [0.4, 0.5) is 8.78 Å². The lowest BCUT2D eigenvalue weighted by Gasteiger charge is -2.12. The molecule has 1 aromatic rings. The molecule has 84 valence electrons. The summed E-state index contributed by atoms with van der Waals surface area (Å²) in [5.74, 6) is -0.326. The number of phenols is 1. The van der Waals surface area contributed by atoms with Crippen LogP contribution in [0.2, 0.25) is 0 Å². The van der Waals surface area contributed by atoms with Gasteiger partial charge in [0.25, 0.3) is 6.43 Å². The van der Waals surface area contributed by atoms with Gasteiger partial charge in [-0.1, -0.05) is 11.6 Å². The van der Waals surface area contributed by atoms with Crippen LogP contribution >= 0.6 is 0 Å². The number of aromatic hydroxyl groups is 1. The molecule has 3 N–H and O–H groups in total. The highest BCUT2D eigenvalue weighted by Crippen LogP contribution is 2.32. The Morgan fingerprint density at radius 2 is 2.00 bits per heavy atom. The summed E-state index contributed by atoms with van der Waals surface area (Å²) in [5.41, 5.74) is 6.45. The molecule has 4 heteroatoms. The van der Waals surface area contributed by atoms with Crippen LogP contribution in [-0.2, 0) is 6.42 Å². The molecule has 0 aromatic heterocycles. The van der Waals surface area contributed by atoms with E-state index in [1.807, 2.05) is 0 Å². The Bertz CT molecular complexity index is 351. The monoisotopic (exact) mass is 215 g/mol. The average Bonchev–Trinajstić information content (AvgIpc) is 2.09. The number of phenolic OH excluding ortho intramolecular Hbond substituents is 1. The van der Waals surface area contributed by atoms with Crippen molar-refractivity contribution in [3.05, 3.63) is 28.8 Å². The van der Waals surface area contributed by atoms with Crippen LogP contribution in [0.25, 0.3) is 0 Å². The molecule has 0 aliphatic rings. The van der Waals surface area contributed by atoms with E-state index in [1.54, 1.807) is 19.9 Å². The van der Waals surface area contributed by atoms with Crippen LogP contribution in [0.1, 0.15) is 30.0 Å². The molecule has 1 atom stereocenters. The number of hydrogen-bond acceptors (Lipinski definition) is 2. The molecule has 0 saturated carbocycles. The summed E-state index contributed by atoms with van der Waals surface area (Å²) in [4.78, 5) is 0. The van der Waals surface area contributed by atoms with Gasteiger partial charge in [0.2, 0.25) is 0 Å². The van der Waals surface area contributed by atoms with Crippen molar-refractivity contribution in [1.82, 2.24) is 0 Å². The first kappa shape index (κ1) is 11.9. The lowest BCUT2D eigenvalue weighted by atomic mass is 10.00. The van der Waals surface area contributed by atoms with Crippen molar-refractivity contribution in [2.24, 2.45) is 5.73 Å². The van der Waals surface area contributed by atoms with Gasteiger partial charge in [0.05, 0.1) is 5.56 Å². The molecule has 0 amide bonds. The van der Waals surface area contributed by atoms with Crippen LogP contribution in [-0.4, -0.2) is 11.1 Å². The van der Waals surface area contributed by atoms with Gasteiger partial charge >= 0.3 is 0 Å². The molecular formula is C11H15F2NO. The summed E-state index contributed by atoms with van der Waals surface area (Å²) in [6, 6.07) is 2.82. The quantitative estimate of drug-likeness (QED) is 0.813. The lowest BCUT2D eigenvalue weighted by Crippen LogP contribution is -2.18. The van der Waals surface area contributed by atoms with Crippen molar-refractivity contribution in [2.75, 3.05) is 0 Å². The molecule has 1 unspecified atom stereocenters. The molecule has 15 heavy (non-hydrogen) atoms. The lowest BCUT2D eigenvalue weighted by molar-refractivity contribution is 0.147. The predicted octanol–water partition coefficient (Wildman–Crippen LogP) is 2.53. The van der Waals surface area contributed by atoms with Gasteiger partial charge in [-0.25, -0.2) is 8.78 Å². The molecule has 0 bridgehead atoms. The summed E-state index contributed by atoms with van der Waals surface area (Å²) < 4.78 is 25.1. The van der Waals surface area contributed by atoms with Crippen molar-refractivity contribution in [2.45, 2.75) is 32.7 Å². The fourth-order valence-electron chi connectivity index (χ4n) is 1.55. The Kier molecular flexibility index (Phi) is 3.63. The van der Waals surface area contributed by atoms with Crippen LogP contribution in [0.15, 0.2) is 12.1 Å². The van der Waals surface area contributed by atoms with E-state index in [4.69, 9.17) is 5.73 Å². The standard InChI is InChI=1S/C11H15F2NO/c1-6-3-8(5-7(2)14)10(15)9(4-6)11(12)13/h3-4,7,11,15H,5,14H2,1-2H3. The molecule has 0 saturated heterocycles. The second-order valence-electron chi connectivity index (χ2n) is 3.84. The first-order valence-corrected chi connectivity index (χ1v) is 4.78. The SMILES string of the molecule is Cc1cc(CC(C)N)c(O)c(C(F)F)c1. The predicted molar refractivity (Wildman–Crippen MR) is 55.2 cm³/mol. The zero-order valence-corrected chi connectivity index (χ0v) is 8.80. The smallest absolute Gasteiger partial charge is 0.267 e. The molecule has 0 aliphatic carbocycles. The van der Waals surface area contributed by atoms with E-state index in [-0.39, 0.29) is 17.4 Å². The third-order valence-electron chi connectivity index (χ3n) is 2.14. The Hall–Kier alpha value is -1.16. The minimum Gasteiger partial charge on any atom is -0.507 e. The molecular weight excluding hydrogens is 200 g/mol. The molecule has 2 nitrogen and oxygen atoms in total. The summed E-state index contributed by atoms with van der Waals surface area (Å²) >= 11 is 0. The van der Waals surface area contributed by atoms with E-state index in [2.05, 4.69) is 0 Å². The van der Waals surface area contributed by atoms with E-state index < -0.39 is 6.43 Å². The van der Waals surface area contributed by atoms with Gasteiger partial charge in [-0.3, -0.25) is 0 Å². The maximum absolute atomic E-state index is 12.5. The number of nitrogens with two attached hydrogens (primary N) is 1. The van der Waals surface area contributed by atoms with Gasteiger partial charge in [-0.2, -0.15) is 0 Å². The summed E-state index contributed by atoms with van der Waals surface area (Å²) in [6.07, 6.45) is -2.26. The van der Waals surface area contributed by atoms with Crippen LogP contribution in [0.5, 0.6) is 5.75 Å². The third-order valence-corrected chi connectivity index (χ3v) is 2.14. The zero-order valence-electron chi connectivity index (χ0n) is 8.80. The molecule has 1 rings (SSSR count).